The first-order valence-corrected chi connectivity index (χ1v) is 22.2. The molecule has 0 unspecified atom stereocenters. The standard InChI is InChI=1S/C41H56O10Si2/c1-5-9-34(7-3)52-36-23-15-30(16-24-36)38(42)48-50-40(44)46-32-19-11-28(12-20-32)27-29-13-21-33(22-14-29)47-41(45)51-49-39(43)31-17-25-37(26-18-31)53-35(8-4)10-6-2/h9-10,15-18,23-26,28-29,32-33H,5-8,11-14,19-22,27,52-53H2,1-4H3/b34-9+,35-10+. The first kappa shape index (κ1) is 41.6. The zero-order valence-electron chi connectivity index (χ0n) is 31.8. The molecule has 0 radical (unpaired) electrons. The average molecular weight is 765 g/mol. The van der Waals surface area contributed by atoms with E-state index in [4.69, 9.17) is 19.2 Å². The van der Waals surface area contributed by atoms with Crippen molar-refractivity contribution in [1.29, 1.82) is 0 Å². The van der Waals surface area contributed by atoms with Gasteiger partial charge in [0.15, 0.2) is 0 Å². The van der Waals surface area contributed by atoms with Gasteiger partial charge in [-0.1, -0.05) is 84.9 Å². The Morgan fingerprint density at radius 3 is 1.23 bits per heavy atom. The van der Waals surface area contributed by atoms with Gasteiger partial charge in [0, 0.05) is 0 Å². The molecule has 2 saturated carbocycles. The molecule has 53 heavy (non-hydrogen) atoms. The highest BCUT2D eigenvalue weighted by molar-refractivity contribution is 6.61. The molecule has 0 saturated heterocycles. The predicted octanol–water partition coefficient (Wildman–Crippen LogP) is 7.34. The van der Waals surface area contributed by atoms with Crippen LogP contribution in [0.2, 0.25) is 0 Å². The quantitative estimate of drug-likeness (QED) is 0.0836. The summed E-state index contributed by atoms with van der Waals surface area (Å²) in [5, 5.41) is 5.44. The molecule has 0 atom stereocenters. The summed E-state index contributed by atoms with van der Waals surface area (Å²) < 4.78 is 10.8. The van der Waals surface area contributed by atoms with E-state index in [0.29, 0.717) is 23.0 Å². The van der Waals surface area contributed by atoms with Gasteiger partial charge in [-0.05, 0) is 120 Å². The molecule has 10 nitrogen and oxygen atoms in total. The zero-order chi connectivity index (χ0) is 38.0. The molecule has 0 N–H and O–H groups in total. The van der Waals surface area contributed by atoms with Crippen molar-refractivity contribution in [3.63, 3.8) is 0 Å². The maximum atomic E-state index is 12.4. The van der Waals surface area contributed by atoms with E-state index in [2.05, 4.69) is 49.6 Å². The second-order valence-electron chi connectivity index (χ2n) is 14.2. The third kappa shape index (κ3) is 14.3. The lowest BCUT2D eigenvalue weighted by Gasteiger charge is -2.33. The summed E-state index contributed by atoms with van der Waals surface area (Å²) in [5.41, 5.74) is 0.629. The van der Waals surface area contributed by atoms with Crippen LogP contribution in [0, 0.1) is 11.8 Å². The van der Waals surface area contributed by atoms with E-state index in [1.807, 2.05) is 24.3 Å². The lowest BCUT2D eigenvalue weighted by atomic mass is 9.76. The minimum atomic E-state index is -1.01. The molecule has 2 aliphatic carbocycles. The number of hydrogen-bond acceptors (Lipinski definition) is 10. The van der Waals surface area contributed by atoms with Crippen molar-refractivity contribution in [3.05, 3.63) is 82.2 Å². The van der Waals surface area contributed by atoms with Gasteiger partial charge in [-0.25, -0.2) is 29.1 Å². The monoisotopic (exact) mass is 764 g/mol. The van der Waals surface area contributed by atoms with Crippen LogP contribution in [0.3, 0.4) is 0 Å². The van der Waals surface area contributed by atoms with Crippen molar-refractivity contribution < 1.29 is 48.2 Å². The molecular formula is C41H56O10Si2. The molecular weight excluding hydrogens is 709 g/mol. The first-order valence-electron chi connectivity index (χ1n) is 19.4. The molecule has 2 aromatic carbocycles. The van der Waals surface area contributed by atoms with Crippen LogP contribution >= 0.6 is 0 Å². The number of rotatable bonds is 14. The lowest BCUT2D eigenvalue weighted by molar-refractivity contribution is -0.208. The lowest BCUT2D eigenvalue weighted by Crippen LogP contribution is -2.28. The molecule has 0 aromatic heterocycles. The Labute approximate surface area is 318 Å². The molecule has 0 bridgehead atoms. The summed E-state index contributed by atoms with van der Waals surface area (Å²) in [6.45, 7) is 8.59. The van der Waals surface area contributed by atoms with E-state index in [9.17, 15) is 19.2 Å². The minimum absolute atomic E-state index is 0.280. The largest absolute Gasteiger partial charge is 0.550 e. The van der Waals surface area contributed by atoms with Gasteiger partial charge in [0.1, 0.15) is 12.2 Å². The van der Waals surface area contributed by atoms with Gasteiger partial charge in [0.05, 0.1) is 30.2 Å². The Kier molecular flexibility index (Phi) is 17.4. The predicted molar refractivity (Wildman–Crippen MR) is 209 cm³/mol. The van der Waals surface area contributed by atoms with Crippen molar-refractivity contribution >= 4 is 53.7 Å². The Bertz CT molecular complexity index is 1420. The van der Waals surface area contributed by atoms with E-state index in [1.165, 1.54) is 20.8 Å². The highest BCUT2D eigenvalue weighted by atomic mass is 28.2. The number of carbonyl (C=O) groups excluding carboxylic acids is 4. The fraction of sp³-hybridized carbons (Fsp3) is 0.512. The molecule has 2 aromatic rings. The number of carbonyl (C=O) groups is 4. The molecule has 288 valence electrons. The topological polar surface area (TPSA) is 124 Å². The molecule has 0 spiro atoms. The fourth-order valence-corrected chi connectivity index (χ4v) is 10.7. The molecule has 0 heterocycles. The van der Waals surface area contributed by atoms with Gasteiger partial charge in [0.2, 0.25) is 0 Å². The van der Waals surface area contributed by atoms with Gasteiger partial charge >= 0.3 is 24.2 Å². The van der Waals surface area contributed by atoms with Gasteiger partial charge in [-0.2, -0.15) is 9.59 Å². The maximum Gasteiger partial charge on any atom is 0.550 e. The highest BCUT2D eigenvalue weighted by Crippen LogP contribution is 2.37. The second-order valence-corrected chi connectivity index (χ2v) is 18.3. The van der Waals surface area contributed by atoms with E-state index in [0.717, 1.165) is 83.5 Å². The van der Waals surface area contributed by atoms with Gasteiger partial charge < -0.3 is 9.47 Å². The minimum Gasteiger partial charge on any atom is -0.428 e. The Morgan fingerprint density at radius 2 is 0.906 bits per heavy atom. The van der Waals surface area contributed by atoms with Crippen LogP contribution in [0.25, 0.3) is 0 Å². The first-order chi connectivity index (χ1) is 25.7. The van der Waals surface area contributed by atoms with Crippen molar-refractivity contribution in [3.8, 4) is 0 Å². The normalized spacial score (nSPS) is 21.0. The van der Waals surface area contributed by atoms with Crippen LogP contribution in [0.5, 0.6) is 0 Å². The van der Waals surface area contributed by atoms with Gasteiger partial charge in [-0.3, -0.25) is 0 Å². The van der Waals surface area contributed by atoms with Crippen LogP contribution in [0.15, 0.2) is 71.1 Å². The summed E-state index contributed by atoms with van der Waals surface area (Å²) in [4.78, 5) is 68.1. The Morgan fingerprint density at radius 1 is 0.547 bits per heavy atom. The number of benzene rings is 2. The van der Waals surface area contributed by atoms with Crippen LogP contribution in [0.1, 0.15) is 132 Å². The van der Waals surface area contributed by atoms with Crippen LogP contribution in [-0.4, -0.2) is 55.5 Å². The van der Waals surface area contributed by atoms with Crippen LogP contribution in [0.4, 0.5) is 9.59 Å². The average Bonchev–Trinajstić information content (AvgIpc) is 3.17. The number of hydrogen-bond donors (Lipinski definition) is 0. The summed E-state index contributed by atoms with van der Waals surface area (Å²) in [6.07, 6.45) is 13.8. The van der Waals surface area contributed by atoms with E-state index in [1.54, 1.807) is 24.3 Å². The SMILES string of the molecule is CC/C=C(\CC)[SiH2]c1ccc(C(=O)OOC(=O)OC2CCC(CC3CCC(OC(=O)OOC(=O)c4ccc([SiH2]/C(=C/CC)CC)cc4)CC3)CC2)cc1. The molecule has 2 aliphatic rings. The Hall–Kier alpha value is -4.17. The second kappa shape index (κ2) is 22.1. The maximum absolute atomic E-state index is 12.4. The number of ether oxygens (including phenoxy) is 2. The van der Waals surface area contributed by atoms with Crippen molar-refractivity contribution in [2.75, 3.05) is 0 Å². The van der Waals surface area contributed by atoms with Crippen molar-refractivity contribution in [1.82, 2.24) is 0 Å². The molecule has 12 heteroatoms. The third-order valence-corrected chi connectivity index (χ3v) is 14.5. The summed E-state index contributed by atoms with van der Waals surface area (Å²) >= 11 is 0. The van der Waals surface area contributed by atoms with Crippen LogP contribution in [-0.2, 0) is 29.0 Å². The van der Waals surface area contributed by atoms with Crippen molar-refractivity contribution in [2.45, 2.75) is 123 Å². The third-order valence-electron chi connectivity index (χ3n) is 10.3. The smallest absolute Gasteiger partial charge is 0.428 e. The highest BCUT2D eigenvalue weighted by Gasteiger charge is 2.30. The Balaban J connectivity index is 1.06. The van der Waals surface area contributed by atoms with Gasteiger partial charge in [-0.15, -0.1) is 0 Å². The summed E-state index contributed by atoms with van der Waals surface area (Å²) in [5.74, 6) is -0.438. The zero-order valence-corrected chi connectivity index (χ0v) is 34.6. The van der Waals surface area contributed by atoms with E-state index >= 15 is 0 Å². The van der Waals surface area contributed by atoms with E-state index < -0.39 is 43.3 Å². The molecule has 2 fully saturated rings. The summed E-state index contributed by atoms with van der Waals surface area (Å²) in [7, 11) is -1.10. The molecule has 0 aliphatic heterocycles. The van der Waals surface area contributed by atoms with Crippen molar-refractivity contribution in [2.24, 2.45) is 11.8 Å². The molecule has 0 amide bonds. The van der Waals surface area contributed by atoms with Gasteiger partial charge in [0.25, 0.3) is 0 Å². The molecule has 4 rings (SSSR count). The van der Waals surface area contributed by atoms with Crippen LogP contribution < -0.4 is 10.4 Å². The summed E-state index contributed by atoms with van der Waals surface area (Å²) in [6, 6.07) is 14.5. The van der Waals surface area contributed by atoms with E-state index in [-0.39, 0.29) is 12.2 Å². The number of allylic oxidation sites excluding steroid dienone is 4. The fourth-order valence-electron chi connectivity index (χ4n) is 7.30.